The van der Waals surface area contributed by atoms with Gasteiger partial charge in [-0.25, -0.2) is 4.68 Å². The predicted molar refractivity (Wildman–Crippen MR) is 83.1 cm³/mol. The van der Waals surface area contributed by atoms with Crippen LogP contribution in [-0.4, -0.2) is 38.9 Å². The SMILES string of the molecule is CCCC(C)n1nnc2c1CCCN(C(=O)C(C)C)CC2. The zero-order chi connectivity index (χ0) is 15.4. The zero-order valence-electron chi connectivity index (χ0n) is 13.8. The van der Waals surface area contributed by atoms with Crippen molar-refractivity contribution in [3.05, 3.63) is 11.4 Å². The van der Waals surface area contributed by atoms with Crippen LogP contribution in [0.1, 0.15) is 64.4 Å². The summed E-state index contributed by atoms with van der Waals surface area (Å²) in [4.78, 5) is 14.1. The van der Waals surface area contributed by atoms with E-state index in [9.17, 15) is 4.79 Å². The molecule has 0 aromatic carbocycles. The summed E-state index contributed by atoms with van der Waals surface area (Å²) in [6.45, 7) is 9.97. The van der Waals surface area contributed by atoms with Crippen molar-refractivity contribution >= 4 is 5.91 Å². The minimum Gasteiger partial charge on any atom is -0.342 e. The summed E-state index contributed by atoms with van der Waals surface area (Å²) in [5.41, 5.74) is 2.37. The molecule has 1 unspecified atom stereocenters. The van der Waals surface area contributed by atoms with E-state index in [1.165, 1.54) is 5.69 Å². The van der Waals surface area contributed by atoms with Crippen LogP contribution in [0.15, 0.2) is 0 Å². The molecule has 0 bridgehead atoms. The first kappa shape index (κ1) is 16.0. The van der Waals surface area contributed by atoms with Gasteiger partial charge in [0.1, 0.15) is 0 Å². The van der Waals surface area contributed by atoms with Gasteiger partial charge < -0.3 is 4.90 Å². The number of carbonyl (C=O) groups excluding carboxylic acids is 1. The summed E-state index contributed by atoms with van der Waals surface area (Å²) in [5.74, 6) is 0.328. The van der Waals surface area contributed by atoms with Crippen LogP contribution in [-0.2, 0) is 17.6 Å². The molecule has 118 valence electrons. The summed E-state index contributed by atoms with van der Waals surface area (Å²) in [5, 5.41) is 8.74. The smallest absolute Gasteiger partial charge is 0.225 e. The van der Waals surface area contributed by atoms with Gasteiger partial charge in [-0.1, -0.05) is 32.4 Å². The Morgan fingerprint density at radius 3 is 2.67 bits per heavy atom. The fourth-order valence-electron chi connectivity index (χ4n) is 3.07. The van der Waals surface area contributed by atoms with Gasteiger partial charge in [-0.2, -0.15) is 0 Å². The molecule has 0 N–H and O–H groups in total. The molecule has 1 aromatic heterocycles. The molecule has 1 atom stereocenters. The Morgan fingerprint density at radius 2 is 2.00 bits per heavy atom. The van der Waals surface area contributed by atoms with E-state index < -0.39 is 0 Å². The van der Waals surface area contributed by atoms with E-state index in [1.807, 2.05) is 18.7 Å². The Kier molecular flexibility index (Phi) is 5.37. The standard InChI is InChI=1S/C16H28N4O/c1-5-7-13(4)20-15-8-6-10-19(16(21)12(2)3)11-9-14(15)17-18-20/h12-13H,5-11H2,1-4H3. The first-order chi connectivity index (χ1) is 10.0. The molecule has 1 aromatic rings. The molecule has 1 amide bonds. The minimum atomic E-state index is 0.0733. The molecule has 0 spiro atoms. The van der Waals surface area contributed by atoms with Crippen molar-refractivity contribution in [2.24, 2.45) is 5.92 Å². The third-order valence-electron chi connectivity index (χ3n) is 4.26. The number of nitrogens with zero attached hydrogens (tertiary/aromatic N) is 4. The second-order valence-corrected chi connectivity index (χ2v) is 6.40. The average Bonchev–Trinajstić information content (AvgIpc) is 2.80. The van der Waals surface area contributed by atoms with E-state index in [0.717, 1.165) is 50.9 Å². The largest absolute Gasteiger partial charge is 0.342 e. The van der Waals surface area contributed by atoms with Crippen LogP contribution < -0.4 is 0 Å². The van der Waals surface area contributed by atoms with E-state index in [4.69, 9.17) is 0 Å². The molecule has 1 aliphatic rings. The summed E-state index contributed by atoms with van der Waals surface area (Å²) in [6.07, 6.45) is 5.09. The maximum Gasteiger partial charge on any atom is 0.225 e. The van der Waals surface area contributed by atoms with E-state index in [-0.39, 0.29) is 11.8 Å². The molecule has 5 nitrogen and oxygen atoms in total. The van der Waals surface area contributed by atoms with Gasteiger partial charge in [-0.3, -0.25) is 4.79 Å². The van der Waals surface area contributed by atoms with Gasteiger partial charge >= 0.3 is 0 Å². The normalized spacial score (nSPS) is 17.3. The molecule has 0 aliphatic carbocycles. The quantitative estimate of drug-likeness (QED) is 0.857. The maximum atomic E-state index is 12.2. The summed E-state index contributed by atoms with van der Waals surface area (Å²) >= 11 is 0. The molecule has 0 saturated carbocycles. The van der Waals surface area contributed by atoms with Gasteiger partial charge in [0, 0.05) is 25.4 Å². The first-order valence-electron chi connectivity index (χ1n) is 8.26. The van der Waals surface area contributed by atoms with E-state index >= 15 is 0 Å². The Balaban J connectivity index is 2.11. The second kappa shape index (κ2) is 7.05. The summed E-state index contributed by atoms with van der Waals surface area (Å²) in [7, 11) is 0. The van der Waals surface area contributed by atoms with Crippen LogP contribution in [0.3, 0.4) is 0 Å². The Hall–Kier alpha value is -1.39. The van der Waals surface area contributed by atoms with Gasteiger partial charge in [0.05, 0.1) is 17.4 Å². The molecular weight excluding hydrogens is 264 g/mol. The molecular formula is C16H28N4O. The van der Waals surface area contributed by atoms with Crippen LogP contribution in [0.2, 0.25) is 0 Å². The van der Waals surface area contributed by atoms with Crippen molar-refractivity contribution in [2.45, 2.75) is 65.8 Å². The number of hydrogen-bond acceptors (Lipinski definition) is 3. The number of fused-ring (bicyclic) bond motifs is 1. The van der Waals surface area contributed by atoms with Crippen molar-refractivity contribution in [3.8, 4) is 0 Å². The second-order valence-electron chi connectivity index (χ2n) is 6.40. The lowest BCUT2D eigenvalue weighted by molar-refractivity contribution is -0.134. The van der Waals surface area contributed by atoms with Crippen LogP contribution in [0.5, 0.6) is 0 Å². The van der Waals surface area contributed by atoms with E-state index in [1.54, 1.807) is 0 Å². The minimum absolute atomic E-state index is 0.0733. The van der Waals surface area contributed by atoms with Gasteiger partial charge in [-0.05, 0) is 26.2 Å². The van der Waals surface area contributed by atoms with E-state index in [0.29, 0.717) is 6.04 Å². The third kappa shape index (κ3) is 3.63. The topological polar surface area (TPSA) is 51.0 Å². The van der Waals surface area contributed by atoms with Crippen molar-refractivity contribution in [2.75, 3.05) is 13.1 Å². The molecule has 21 heavy (non-hydrogen) atoms. The van der Waals surface area contributed by atoms with Crippen molar-refractivity contribution in [1.29, 1.82) is 0 Å². The number of amides is 1. The molecule has 0 radical (unpaired) electrons. The van der Waals surface area contributed by atoms with Crippen LogP contribution in [0, 0.1) is 5.92 Å². The molecule has 1 aliphatic heterocycles. The predicted octanol–water partition coefficient (Wildman–Crippen LogP) is 2.61. The van der Waals surface area contributed by atoms with Crippen LogP contribution >= 0.6 is 0 Å². The number of hydrogen-bond donors (Lipinski definition) is 0. The zero-order valence-corrected chi connectivity index (χ0v) is 13.8. The molecule has 2 heterocycles. The highest BCUT2D eigenvalue weighted by Crippen LogP contribution is 2.20. The fraction of sp³-hybridized carbons (Fsp3) is 0.812. The number of carbonyl (C=O) groups is 1. The summed E-state index contributed by atoms with van der Waals surface area (Å²) < 4.78 is 2.11. The van der Waals surface area contributed by atoms with Crippen LogP contribution in [0.4, 0.5) is 0 Å². The fourth-order valence-corrected chi connectivity index (χ4v) is 3.07. The Bertz CT molecular complexity index is 481. The average molecular weight is 292 g/mol. The van der Waals surface area contributed by atoms with E-state index in [2.05, 4.69) is 28.8 Å². The lowest BCUT2D eigenvalue weighted by Crippen LogP contribution is -2.38. The third-order valence-corrected chi connectivity index (χ3v) is 4.26. The molecule has 0 saturated heterocycles. The van der Waals surface area contributed by atoms with Crippen molar-refractivity contribution < 1.29 is 4.79 Å². The highest BCUT2D eigenvalue weighted by Gasteiger charge is 2.23. The van der Waals surface area contributed by atoms with Gasteiger partial charge in [-0.15, -0.1) is 5.10 Å². The molecule has 0 fully saturated rings. The maximum absolute atomic E-state index is 12.2. The van der Waals surface area contributed by atoms with Gasteiger partial charge in [0.2, 0.25) is 5.91 Å². The molecule has 5 heteroatoms. The van der Waals surface area contributed by atoms with Gasteiger partial charge in [0.15, 0.2) is 0 Å². The monoisotopic (exact) mass is 292 g/mol. The van der Waals surface area contributed by atoms with Crippen LogP contribution in [0.25, 0.3) is 0 Å². The summed E-state index contributed by atoms with van der Waals surface area (Å²) in [6, 6.07) is 0.416. The number of rotatable bonds is 4. The molecule has 2 rings (SSSR count). The highest BCUT2D eigenvalue weighted by atomic mass is 16.2. The number of aromatic nitrogens is 3. The Morgan fingerprint density at radius 1 is 1.24 bits per heavy atom. The van der Waals surface area contributed by atoms with Crippen molar-refractivity contribution in [1.82, 2.24) is 19.9 Å². The Labute approximate surface area is 127 Å². The van der Waals surface area contributed by atoms with Crippen molar-refractivity contribution in [3.63, 3.8) is 0 Å². The van der Waals surface area contributed by atoms with Gasteiger partial charge in [0.25, 0.3) is 0 Å². The lowest BCUT2D eigenvalue weighted by atomic mass is 10.1. The highest BCUT2D eigenvalue weighted by molar-refractivity contribution is 5.78. The first-order valence-corrected chi connectivity index (χ1v) is 8.26. The lowest BCUT2D eigenvalue weighted by Gasteiger charge is -2.26.